The Morgan fingerprint density at radius 3 is 2.45 bits per heavy atom. The monoisotopic (exact) mass is 423 g/mol. The van der Waals surface area contributed by atoms with Crippen LogP contribution in [-0.2, 0) is 9.59 Å². The van der Waals surface area contributed by atoms with Gasteiger partial charge in [0.1, 0.15) is 5.75 Å². The lowest BCUT2D eigenvalue weighted by molar-refractivity contribution is -0.119. The number of hydrogen-bond donors (Lipinski definition) is 2. The van der Waals surface area contributed by atoms with E-state index in [1.54, 1.807) is 0 Å². The molecule has 0 aliphatic heterocycles. The fraction of sp³-hybridized carbons (Fsp3) is 0.440. The average Bonchev–Trinajstić information content (AvgIpc) is 3.54. The van der Waals surface area contributed by atoms with Crippen LogP contribution >= 0.6 is 0 Å². The molecule has 1 aliphatic carbocycles. The van der Waals surface area contributed by atoms with E-state index < -0.39 is 0 Å². The summed E-state index contributed by atoms with van der Waals surface area (Å²) < 4.78 is 5.77. The van der Waals surface area contributed by atoms with Crippen LogP contribution in [0.15, 0.2) is 42.5 Å². The van der Waals surface area contributed by atoms with Gasteiger partial charge in [0.2, 0.25) is 11.8 Å². The van der Waals surface area contributed by atoms with Crippen molar-refractivity contribution in [2.24, 2.45) is 0 Å². The van der Waals surface area contributed by atoms with Crippen molar-refractivity contribution >= 4 is 23.2 Å². The Morgan fingerprint density at radius 2 is 1.74 bits per heavy atom. The number of nitrogens with one attached hydrogen (secondary N) is 2. The molecule has 0 atom stereocenters. The third kappa shape index (κ3) is 7.10. The molecule has 1 aliphatic rings. The fourth-order valence-corrected chi connectivity index (χ4v) is 3.46. The zero-order chi connectivity index (χ0) is 22.4. The van der Waals surface area contributed by atoms with Gasteiger partial charge in [-0.15, -0.1) is 0 Å². The molecule has 0 heterocycles. The molecule has 2 aromatic rings. The van der Waals surface area contributed by atoms with Gasteiger partial charge in [0.05, 0.1) is 18.3 Å². The van der Waals surface area contributed by atoms with Crippen LogP contribution in [0.5, 0.6) is 5.75 Å². The van der Waals surface area contributed by atoms with E-state index in [9.17, 15) is 9.59 Å². The van der Waals surface area contributed by atoms with Crippen molar-refractivity contribution in [1.29, 1.82) is 0 Å². The summed E-state index contributed by atoms with van der Waals surface area (Å²) in [6, 6.07) is 13.9. The number of amides is 2. The van der Waals surface area contributed by atoms with Crippen LogP contribution in [0.3, 0.4) is 0 Å². The number of para-hydroxylation sites is 2. The van der Waals surface area contributed by atoms with E-state index in [2.05, 4.69) is 15.5 Å². The minimum atomic E-state index is -0.0830. The summed E-state index contributed by atoms with van der Waals surface area (Å²) in [5, 5.41) is 5.97. The zero-order valence-electron chi connectivity index (χ0n) is 18.9. The topological polar surface area (TPSA) is 70.7 Å². The standard InChI is InChI=1S/C25H33N3O3/c1-17(2)31-23-8-6-5-7-21(23)26-24(29)13-14-28(20-11-12-20)16-25(30)27-22-15-18(3)9-10-19(22)4/h5-10,15,17,20H,11-14,16H2,1-4H3,(H,26,29)(H,27,30). The second-order valence-electron chi connectivity index (χ2n) is 8.53. The highest BCUT2D eigenvalue weighted by Gasteiger charge is 2.30. The molecule has 0 saturated heterocycles. The summed E-state index contributed by atoms with van der Waals surface area (Å²) >= 11 is 0. The van der Waals surface area contributed by atoms with Gasteiger partial charge in [-0.05, 0) is 69.9 Å². The van der Waals surface area contributed by atoms with Crippen LogP contribution in [-0.4, -0.2) is 41.9 Å². The first-order valence-electron chi connectivity index (χ1n) is 11.0. The molecule has 1 fully saturated rings. The first kappa shape index (κ1) is 22.8. The van der Waals surface area contributed by atoms with Gasteiger partial charge in [-0.25, -0.2) is 0 Å². The highest BCUT2D eigenvalue weighted by Crippen LogP contribution is 2.28. The summed E-state index contributed by atoms with van der Waals surface area (Å²) in [4.78, 5) is 27.3. The Balaban J connectivity index is 1.53. The van der Waals surface area contributed by atoms with Crippen LogP contribution in [0.1, 0.15) is 44.2 Å². The van der Waals surface area contributed by atoms with E-state index >= 15 is 0 Å². The summed E-state index contributed by atoms with van der Waals surface area (Å²) in [7, 11) is 0. The predicted octanol–water partition coefficient (Wildman–Crippen LogP) is 4.52. The maximum Gasteiger partial charge on any atom is 0.238 e. The number of carbonyl (C=O) groups is 2. The van der Waals surface area contributed by atoms with Gasteiger partial charge in [0.15, 0.2) is 0 Å². The number of carbonyl (C=O) groups excluding carboxylic acids is 2. The lowest BCUT2D eigenvalue weighted by atomic mass is 10.1. The van der Waals surface area contributed by atoms with E-state index in [0.717, 1.165) is 29.7 Å². The maximum absolute atomic E-state index is 12.6. The number of ether oxygens (including phenoxy) is 1. The maximum atomic E-state index is 12.6. The normalized spacial score (nSPS) is 13.4. The number of anilines is 2. The molecule has 0 bridgehead atoms. The van der Waals surface area contributed by atoms with Crippen molar-refractivity contribution in [3.05, 3.63) is 53.6 Å². The highest BCUT2D eigenvalue weighted by molar-refractivity contribution is 5.94. The lowest BCUT2D eigenvalue weighted by Crippen LogP contribution is -2.37. The molecule has 0 unspecified atom stereocenters. The van der Waals surface area contributed by atoms with Crippen molar-refractivity contribution < 1.29 is 14.3 Å². The largest absolute Gasteiger partial charge is 0.489 e. The van der Waals surface area contributed by atoms with Gasteiger partial charge in [-0.2, -0.15) is 0 Å². The van der Waals surface area contributed by atoms with Gasteiger partial charge in [0, 0.05) is 24.7 Å². The van der Waals surface area contributed by atoms with Gasteiger partial charge in [-0.3, -0.25) is 14.5 Å². The molecule has 6 nitrogen and oxygen atoms in total. The zero-order valence-corrected chi connectivity index (χ0v) is 18.9. The SMILES string of the molecule is Cc1ccc(C)c(NC(=O)CN(CCC(=O)Nc2ccccc2OC(C)C)C2CC2)c1. The Kier molecular flexibility index (Phi) is 7.69. The van der Waals surface area contributed by atoms with E-state index in [4.69, 9.17) is 4.74 Å². The van der Waals surface area contributed by atoms with Crippen molar-refractivity contribution in [1.82, 2.24) is 4.90 Å². The summed E-state index contributed by atoms with van der Waals surface area (Å²) in [6.45, 7) is 8.74. The molecular weight excluding hydrogens is 390 g/mol. The van der Waals surface area contributed by atoms with E-state index in [1.807, 2.05) is 70.2 Å². The highest BCUT2D eigenvalue weighted by atomic mass is 16.5. The Morgan fingerprint density at radius 1 is 1.03 bits per heavy atom. The first-order chi connectivity index (χ1) is 14.8. The number of aryl methyl sites for hydroxylation is 2. The molecule has 31 heavy (non-hydrogen) atoms. The minimum Gasteiger partial charge on any atom is -0.489 e. The first-order valence-corrected chi connectivity index (χ1v) is 11.0. The summed E-state index contributed by atoms with van der Waals surface area (Å²) in [5.41, 5.74) is 3.67. The quantitative estimate of drug-likeness (QED) is 0.589. The van der Waals surface area contributed by atoms with Crippen LogP contribution in [0.25, 0.3) is 0 Å². The van der Waals surface area contributed by atoms with Crippen LogP contribution in [0.4, 0.5) is 11.4 Å². The van der Waals surface area contributed by atoms with Gasteiger partial charge in [0.25, 0.3) is 0 Å². The predicted molar refractivity (Wildman–Crippen MR) is 125 cm³/mol. The molecule has 3 rings (SSSR count). The molecule has 0 aromatic heterocycles. The van der Waals surface area contributed by atoms with Crippen molar-refractivity contribution in [2.45, 2.75) is 59.1 Å². The second-order valence-corrected chi connectivity index (χ2v) is 8.53. The van der Waals surface area contributed by atoms with Gasteiger partial charge in [-0.1, -0.05) is 24.3 Å². The van der Waals surface area contributed by atoms with Crippen LogP contribution in [0.2, 0.25) is 0 Å². The Labute approximate surface area is 185 Å². The number of nitrogens with zero attached hydrogens (tertiary/aromatic N) is 1. The molecule has 6 heteroatoms. The number of hydrogen-bond acceptors (Lipinski definition) is 4. The van der Waals surface area contributed by atoms with Crippen molar-refractivity contribution in [3.8, 4) is 5.75 Å². The smallest absolute Gasteiger partial charge is 0.238 e. The third-order valence-electron chi connectivity index (χ3n) is 5.23. The molecule has 166 valence electrons. The van der Waals surface area contributed by atoms with Gasteiger partial charge >= 0.3 is 0 Å². The molecular formula is C25H33N3O3. The second kappa shape index (κ2) is 10.4. The van der Waals surface area contributed by atoms with Crippen molar-refractivity contribution in [3.63, 3.8) is 0 Å². The Hall–Kier alpha value is -2.86. The van der Waals surface area contributed by atoms with E-state index in [0.29, 0.717) is 37.0 Å². The molecule has 2 N–H and O–H groups in total. The average molecular weight is 424 g/mol. The summed E-state index contributed by atoms with van der Waals surface area (Å²) in [5.74, 6) is 0.537. The number of rotatable bonds is 10. The van der Waals surface area contributed by atoms with E-state index in [-0.39, 0.29) is 17.9 Å². The van der Waals surface area contributed by atoms with Crippen LogP contribution in [0, 0.1) is 13.8 Å². The van der Waals surface area contributed by atoms with E-state index in [1.165, 1.54) is 0 Å². The Bertz CT molecular complexity index is 922. The van der Waals surface area contributed by atoms with Crippen molar-refractivity contribution in [2.75, 3.05) is 23.7 Å². The lowest BCUT2D eigenvalue weighted by Gasteiger charge is -2.22. The third-order valence-corrected chi connectivity index (χ3v) is 5.23. The molecule has 0 radical (unpaired) electrons. The van der Waals surface area contributed by atoms with Crippen LogP contribution < -0.4 is 15.4 Å². The van der Waals surface area contributed by atoms with Gasteiger partial charge < -0.3 is 15.4 Å². The minimum absolute atomic E-state index is 0.0268. The fourth-order valence-electron chi connectivity index (χ4n) is 3.46. The molecule has 0 spiro atoms. The molecule has 1 saturated carbocycles. The molecule has 2 amide bonds. The number of benzene rings is 2. The molecule has 2 aromatic carbocycles. The summed E-state index contributed by atoms with van der Waals surface area (Å²) in [6.07, 6.45) is 2.50.